The first kappa shape index (κ1) is 30.7. The molecule has 3 heterocycles. The second-order valence-corrected chi connectivity index (χ2v) is 13.9. The maximum absolute atomic E-state index is 8.76. The Balaban J connectivity index is 1.19. The SMILES string of the molecule is [C-]#[N+]c1c(-c2ccccc2-n2c3ccccc3c3cccc([N+]#[C-])c32)cccc1-n1c2ccccc2c2ccc(-n3c4ccccc4c4ccccc43)cc21. The summed E-state index contributed by atoms with van der Waals surface area (Å²) in [5.41, 5.74) is 11.9. The molecule has 5 heteroatoms. The molecule has 0 unspecified atom stereocenters. The van der Waals surface area contributed by atoms with Crippen molar-refractivity contribution >= 4 is 76.8 Å². The van der Waals surface area contributed by atoms with E-state index in [0.29, 0.717) is 11.4 Å². The van der Waals surface area contributed by atoms with E-state index in [9.17, 15) is 0 Å². The lowest BCUT2D eigenvalue weighted by Gasteiger charge is -2.18. The molecule has 0 aliphatic carbocycles. The zero-order valence-electron chi connectivity index (χ0n) is 29.5. The fourth-order valence-corrected chi connectivity index (χ4v) is 8.84. The smallest absolute Gasteiger partial charge is 0.218 e. The maximum atomic E-state index is 8.76. The average Bonchev–Trinajstić information content (AvgIpc) is 3.89. The predicted molar refractivity (Wildman–Crippen MR) is 227 cm³/mol. The lowest BCUT2D eigenvalue weighted by molar-refractivity contribution is 1.16. The molecule has 0 amide bonds. The summed E-state index contributed by atoms with van der Waals surface area (Å²) in [5, 5.41) is 6.80. The van der Waals surface area contributed by atoms with Crippen LogP contribution in [0.4, 0.5) is 11.4 Å². The summed E-state index contributed by atoms with van der Waals surface area (Å²) in [4.78, 5) is 8.27. The van der Waals surface area contributed by atoms with Crippen LogP contribution in [-0.2, 0) is 0 Å². The lowest BCUT2D eigenvalue weighted by Crippen LogP contribution is -2.00. The normalized spacial score (nSPS) is 11.6. The average molecular weight is 700 g/mol. The van der Waals surface area contributed by atoms with Gasteiger partial charge in [-0.05, 0) is 65.0 Å². The van der Waals surface area contributed by atoms with Crippen LogP contribution >= 0.6 is 0 Å². The van der Waals surface area contributed by atoms with Gasteiger partial charge in [0, 0.05) is 32.6 Å². The topological polar surface area (TPSA) is 23.5 Å². The van der Waals surface area contributed by atoms with Crippen LogP contribution in [0, 0.1) is 13.1 Å². The third-order valence-electron chi connectivity index (χ3n) is 11.1. The first-order valence-electron chi connectivity index (χ1n) is 18.3. The largest absolute Gasteiger partial charge is 0.319 e. The second kappa shape index (κ2) is 11.8. The van der Waals surface area contributed by atoms with Crippen LogP contribution in [-0.4, -0.2) is 13.7 Å². The van der Waals surface area contributed by atoms with Crippen molar-refractivity contribution in [2.75, 3.05) is 0 Å². The van der Waals surface area contributed by atoms with Gasteiger partial charge in [0.05, 0.1) is 57.6 Å². The minimum Gasteiger partial charge on any atom is -0.319 e. The molecule has 0 N–H and O–H groups in total. The van der Waals surface area contributed by atoms with E-state index in [2.05, 4.69) is 163 Å². The third-order valence-corrected chi connectivity index (χ3v) is 11.1. The molecular formula is C50H29N5. The number of hydrogen-bond donors (Lipinski definition) is 0. The molecule has 11 aromatic rings. The van der Waals surface area contributed by atoms with Gasteiger partial charge in [0.2, 0.25) is 11.4 Å². The lowest BCUT2D eigenvalue weighted by atomic mass is 10.00. The van der Waals surface area contributed by atoms with Crippen LogP contribution in [0.1, 0.15) is 0 Å². The number of nitrogens with zero attached hydrogens (tertiary/aromatic N) is 5. The molecule has 254 valence electrons. The summed E-state index contributed by atoms with van der Waals surface area (Å²) in [6.45, 7) is 16.8. The van der Waals surface area contributed by atoms with Gasteiger partial charge in [0.15, 0.2) is 0 Å². The van der Waals surface area contributed by atoms with Crippen molar-refractivity contribution in [3.63, 3.8) is 0 Å². The molecular weight excluding hydrogens is 671 g/mol. The number of aromatic nitrogens is 3. The van der Waals surface area contributed by atoms with Gasteiger partial charge < -0.3 is 13.7 Å². The molecule has 5 nitrogen and oxygen atoms in total. The minimum absolute atomic E-state index is 0.561. The molecule has 0 saturated heterocycles. The van der Waals surface area contributed by atoms with Gasteiger partial charge in [-0.3, -0.25) is 0 Å². The van der Waals surface area contributed by atoms with Crippen molar-refractivity contribution in [2.24, 2.45) is 0 Å². The number of fused-ring (bicyclic) bond motifs is 9. The Kier molecular flexibility index (Phi) is 6.61. The first-order valence-corrected chi connectivity index (χ1v) is 18.3. The van der Waals surface area contributed by atoms with E-state index in [1.54, 1.807) is 0 Å². The molecule has 0 aliphatic rings. The van der Waals surface area contributed by atoms with Gasteiger partial charge in [-0.25, -0.2) is 9.69 Å². The van der Waals surface area contributed by atoms with E-state index in [1.165, 1.54) is 10.8 Å². The highest BCUT2D eigenvalue weighted by Crippen LogP contribution is 2.45. The van der Waals surface area contributed by atoms with E-state index in [0.717, 1.165) is 82.8 Å². The van der Waals surface area contributed by atoms with E-state index < -0.39 is 0 Å². The van der Waals surface area contributed by atoms with E-state index in [4.69, 9.17) is 13.1 Å². The van der Waals surface area contributed by atoms with Crippen LogP contribution in [0.25, 0.3) is 103 Å². The van der Waals surface area contributed by atoms with Gasteiger partial charge in [-0.15, -0.1) is 0 Å². The summed E-state index contributed by atoms with van der Waals surface area (Å²) in [6.07, 6.45) is 0. The Hall–Kier alpha value is -7.86. The highest BCUT2D eigenvalue weighted by molar-refractivity contribution is 6.15. The Labute approximate surface area is 316 Å². The summed E-state index contributed by atoms with van der Waals surface area (Å²) in [7, 11) is 0. The fraction of sp³-hybridized carbons (Fsp3) is 0. The van der Waals surface area contributed by atoms with Gasteiger partial charge in [-0.2, -0.15) is 0 Å². The van der Waals surface area contributed by atoms with Crippen molar-refractivity contribution < 1.29 is 0 Å². The van der Waals surface area contributed by atoms with Crippen LogP contribution in [0.3, 0.4) is 0 Å². The van der Waals surface area contributed by atoms with Crippen LogP contribution in [0.5, 0.6) is 0 Å². The zero-order valence-corrected chi connectivity index (χ0v) is 29.5. The van der Waals surface area contributed by atoms with Crippen molar-refractivity contribution in [2.45, 2.75) is 0 Å². The zero-order chi connectivity index (χ0) is 36.6. The highest BCUT2D eigenvalue weighted by Gasteiger charge is 2.22. The molecule has 0 atom stereocenters. The molecule has 8 aromatic carbocycles. The molecule has 0 bridgehead atoms. The van der Waals surface area contributed by atoms with Gasteiger partial charge in [0.25, 0.3) is 0 Å². The number of hydrogen-bond acceptors (Lipinski definition) is 0. The van der Waals surface area contributed by atoms with Gasteiger partial charge in [-0.1, -0.05) is 127 Å². The van der Waals surface area contributed by atoms with Gasteiger partial charge in [0.1, 0.15) is 0 Å². The van der Waals surface area contributed by atoms with E-state index in [1.807, 2.05) is 36.4 Å². The summed E-state index contributed by atoms with van der Waals surface area (Å²) in [6, 6.07) is 61.0. The Morgan fingerprint density at radius 3 is 1.49 bits per heavy atom. The van der Waals surface area contributed by atoms with E-state index >= 15 is 0 Å². The molecule has 11 rings (SSSR count). The molecule has 3 aromatic heterocycles. The molecule has 0 radical (unpaired) electrons. The number of rotatable bonds is 4. The summed E-state index contributed by atoms with van der Waals surface area (Å²) < 4.78 is 6.81. The number of para-hydroxylation sites is 7. The molecule has 0 spiro atoms. The standard InChI is InChI=1S/C50H29N5/c1-51-41-22-13-21-40-37-19-7-12-27-46(37)55(50(40)41)45-26-11-6-18-36(45)39-20-14-28-47(49(39)52-2)54-44-25-10-5-17-35(44)38-30-29-32(31-48(38)54)53-42-23-8-3-15-33(42)34-16-4-9-24-43(34)53/h3-31H. The fourth-order valence-electron chi connectivity index (χ4n) is 8.84. The molecule has 0 fully saturated rings. The second-order valence-electron chi connectivity index (χ2n) is 13.9. The van der Waals surface area contributed by atoms with Crippen molar-refractivity contribution in [1.82, 2.24) is 13.7 Å². The highest BCUT2D eigenvalue weighted by atomic mass is 15.0. The van der Waals surface area contributed by atoms with Gasteiger partial charge >= 0.3 is 0 Å². The van der Waals surface area contributed by atoms with Crippen LogP contribution < -0.4 is 0 Å². The maximum Gasteiger partial charge on any atom is 0.218 e. The third kappa shape index (κ3) is 4.33. The first-order chi connectivity index (χ1) is 27.2. The molecule has 0 saturated carbocycles. The summed E-state index contributed by atoms with van der Waals surface area (Å²) in [5.74, 6) is 0. The minimum atomic E-state index is 0.561. The molecule has 55 heavy (non-hydrogen) atoms. The Morgan fingerprint density at radius 1 is 0.345 bits per heavy atom. The number of benzene rings is 8. The van der Waals surface area contributed by atoms with Crippen LogP contribution in [0.15, 0.2) is 176 Å². The van der Waals surface area contributed by atoms with E-state index in [-0.39, 0.29) is 0 Å². The van der Waals surface area contributed by atoms with Crippen molar-refractivity contribution in [3.8, 4) is 28.2 Å². The molecule has 0 aliphatic heterocycles. The van der Waals surface area contributed by atoms with Crippen molar-refractivity contribution in [1.29, 1.82) is 0 Å². The van der Waals surface area contributed by atoms with Crippen LogP contribution in [0.2, 0.25) is 0 Å². The predicted octanol–water partition coefficient (Wildman–Crippen LogP) is 13.7. The monoisotopic (exact) mass is 699 g/mol. The van der Waals surface area contributed by atoms with Crippen molar-refractivity contribution in [3.05, 3.63) is 199 Å². The summed E-state index contributed by atoms with van der Waals surface area (Å²) >= 11 is 0. The quantitative estimate of drug-likeness (QED) is 0.163. The Morgan fingerprint density at radius 2 is 0.836 bits per heavy atom. The Bertz CT molecular complexity index is 3420.